The summed E-state index contributed by atoms with van der Waals surface area (Å²) in [4.78, 5) is 28.9. The number of aromatic nitrogens is 1. The van der Waals surface area contributed by atoms with Crippen LogP contribution in [0.25, 0.3) is 10.2 Å². The van der Waals surface area contributed by atoms with Gasteiger partial charge >= 0.3 is 6.03 Å². The maximum absolute atomic E-state index is 12.3. The third-order valence-electron chi connectivity index (χ3n) is 4.95. The molecule has 1 unspecified atom stereocenters. The lowest BCUT2D eigenvalue weighted by Crippen LogP contribution is -2.28. The average molecular weight is 425 g/mol. The van der Waals surface area contributed by atoms with Crippen molar-refractivity contribution in [2.45, 2.75) is 38.8 Å². The highest BCUT2D eigenvalue weighted by atomic mass is 32.1. The van der Waals surface area contributed by atoms with Crippen LogP contribution in [0, 0.1) is 0 Å². The van der Waals surface area contributed by atoms with Crippen LogP contribution in [0.5, 0.6) is 0 Å². The number of ether oxygens (including phenoxy) is 1. The maximum Gasteiger partial charge on any atom is 0.321 e. The van der Waals surface area contributed by atoms with Gasteiger partial charge in [-0.1, -0.05) is 36.5 Å². The minimum absolute atomic E-state index is 0.127. The van der Waals surface area contributed by atoms with Gasteiger partial charge in [-0.3, -0.25) is 10.1 Å². The predicted octanol–water partition coefficient (Wildman–Crippen LogP) is 4.30. The fourth-order valence-electron chi connectivity index (χ4n) is 3.33. The first kappa shape index (κ1) is 20.3. The molecule has 3 aromatic rings. The molecule has 1 aliphatic rings. The third kappa shape index (κ3) is 4.95. The molecule has 30 heavy (non-hydrogen) atoms. The quantitative estimate of drug-likeness (QED) is 0.550. The number of amides is 3. The number of anilines is 2. The molecule has 4 rings (SSSR count). The summed E-state index contributed by atoms with van der Waals surface area (Å²) >= 11 is 1.46. The number of carbonyl (C=O) groups is 2. The number of aryl methyl sites for hydroxylation is 1. The zero-order chi connectivity index (χ0) is 20.9. The number of fused-ring (bicyclic) bond motifs is 1. The van der Waals surface area contributed by atoms with Crippen LogP contribution in [0.2, 0.25) is 0 Å². The van der Waals surface area contributed by atoms with E-state index in [9.17, 15) is 9.59 Å². The fraction of sp³-hybridized carbons (Fsp3) is 0.318. The SMILES string of the molecule is CCc1ccc2nc(NC(=O)NCc3cccc(NC(=O)C4CCCO4)c3)sc2c1. The molecule has 3 amide bonds. The molecular weight excluding hydrogens is 400 g/mol. The van der Waals surface area contributed by atoms with E-state index in [0.29, 0.717) is 24.0 Å². The predicted molar refractivity (Wildman–Crippen MR) is 119 cm³/mol. The van der Waals surface area contributed by atoms with Crippen LogP contribution < -0.4 is 16.0 Å². The van der Waals surface area contributed by atoms with Crippen LogP contribution in [0.15, 0.2) is 42.5 Å². The van der Waals surface area contributed by atoms with Crippen LogP contribution in [-0.4, -0.2) is 29.6 Å². The van der Waals surface area contributed by atoms with Gasteiger partial charge in [0, 0.05) is 18.8 Å². The van der Waals surface area contributed by atoms with E-state index < -0.39 is 0 Å². The van der Waals surface area contributed by atoms with Gasteiger partial charge in [-0.05, 0) is 54.7 Å². The van der Waals surface area contributed by atoms with Crippen molar-refractivity contribution in [2.75, 3.05) is 17.2 Å². The van der Waals surface area contributed by atoms with Gasteiger partial charge in [0.15, 0.2) is 5.13 Å². The van der Waals surface area contributed by atoms with Gasteiger partial charge in [0.05, 0.1) is 10.2 Å². The van der Waals surface area contributed by atoms with Crippen molar-refractivity contribution in [3.05, 3.63) is 53.6 Å². The molecule has 0 saturated carbocycles. The number of hydrogen-bond acceptors (Lipinski definition) is 5. The van der Waals surface area contributed by atoms with Gasteiger partial charge in [0.1, 0.15) is 6.10 Å². The van der Waals surface area contributed by atoms with E-state index in [1.807, 2.05) is 30.3 Å². The highest BCUT2D eigenvalue weighted by Crippen LogP contribution is 2.27. The molecule has 1 aliphatic heterocycles. The van der Waals surface area contributed by atoms with Gasteiger partial charge in [0.2, 0.25) is 0 Å². The Kier molecular flexibility index (Phi) is 6.25. The first-order chi connectivity index (χ1) is 14.6. The van der Waals surface area contributed by atoms with E-state index in [4.69, 9.17) is 4.74 Å². The molecule has 1 fully saturated rings. The first-order valence-electron chi connectivity index (χ1n) is 10.1. The topological polar surface area (TPSA) is 92.4 Å². The Hall–Kier alpha value is -2.97. The Balaban J connectivity index is 1.32. The summed E-state index contributed by atoms with van der Waals surface area (Å²) in [6, 6.07) is 13.2. The lowest BCUT2D eigenvalue weighted by atomic mass is 10.2. The van der Waals surface area contributed by atoms with Crippen molar-refractivity contribution in [3.8, 4) is 0 Å². The molecule has 0 aliphatic carbocycles. The van der Waals surface area contributed by atoms with E-state index in [-0.39, 0.29) is 18.0 Å². The molecular formula is C22H24N4O3S. The summed E-state index contributed by atoms with van der Waals surface area (Å²) in [5.74, 6) is -0.127. The van der Waals surface area contributed by atoms with E-state index >= 15 is 0 Å². The Morgan fingerprint density at radius 1 is 1.17 bits per heavy atom. The maximum atomic E-state index is 12.3. The van der Waals surface area contributed by atoms with Crippen LogP contribution >= 0.6 is 11.3 Å². The Bertz CT molecular complexity index is 1060. The third-order valence-corrected chi connectivity index (χ3v) is 5.88. The van der Waals surface area contributed by atoms with E-state index in [0.717, 1.165) is 35.0 Å². The van der Waals surface area contributed by atoms with Crippen molar-refractivity contribution >= 4 is 44.3 Å². The molecule has 2 heterocycles. The molecule has 3 N–H and O–H groups in total. The molecule has 0 spiro atoms. The molecule has 156 valence electrons. The summed E-state index contributed by atoms with van der Waals surface area (Å²) in [6.07, 6.45) is 2.24. The van der Waals surface area contributed by atoms with Crippen LogP contribution in [0.3, 0.4) is 0 Å². The lowest BCUT2D eigenvalue weighted by molar-refractivity contribution is -0.124. The summed E-state index contributed by atoms with van der Waals surface area (Å²) < 4.78 is 6.46. The van der Waals surface area contributed by atoms with Crippen LogP contribution in [0.4, 0.5) is 15.6 Å². The number of nitrogens with zero attached hydrogens (tertiary/aromatic N) is 1. The normalized spacial score (nSPS) is 15.8. The van der Waals surface area contributed by atoms with Crippen LogP contribution in [0.1, 0.15) is 30.9 Å². The second kappa shape index (κ2) is 9.23. The number of hydrogen-bond donors (Lipinski definition) is 3. The summed E-state index contributed by atoms with van der Waals surface area (Å²) in [5.41, 5.74) is 3.69. The number of carbonyl (C=O) groups excluding carboxylic acids is 2. The van der Waals surface area contributed by atoms with Gasteiger partial charge in [0.25, 0.3) is 5.91 Å². The van der Waals surface area contributed by atoms with Crippen molar-refractivity contribution in [1.29, 1.82) is 0 Å². The number of nitrogens with one attached hydrogen (secondary N) is 3. The molecule has 8 heteroatoms. The molecule has 0 radical (unpaired) electrons. The van der Waals surface area contributed by atoms with Crippen molar-refractivity contribution in [3.63, 3.8) is 0 Å². The van der Waals surface area contributed by atoms with E-state index in [1.54, 1.807) is 0 Å². The number of thiazole rings is 1. The number of urea groups is 1. The van der Waals surface area contributed by atoms with Crippen molar-refractivity contribution < 1.29 is 14.3 Å². The lowest BCUT2D eigenvalue weighted by Gasteiger charge is -2.12. The monoisotopic (exact) mass is 424 g/mol. The fourth-order valence-corrected chi connectivity index (χ4v) is 4.26. The Morgan fingerprint density at radius 2 is 2.07 bits per heavy atom. The standard InChI is InChI=1S/C22H24N4O3S/c1-2-14-8-9-17-19(12-14)30-22(25-17)26-21(28)23-13-15-5-3-6-16(11-15)24-20(27)18-7-4-10-29-18/h3,5-6,8-9,11-12,18H,2,4,7,10,13H2,1H3,(H,24,27)(H2,23,25,26,28). The summed E-state index contributed by atoms with van der Waals surface area (Å²) in [6.45, 7) is 3.07. The zero-order valence-corrected chi connectivity index (χ0v) is 17.6. The van der Waals surface area contributed by atoms with Gasteiger partial charge in [-0.25, -0.2) is 9.78 Å². The number of benzene rings is 2. The Morgan fingerprint density at radius 3 is 2.87 bits per heavy atom. The molecule has 2 aromatic carbocycles. The summed E-state index contributed by atoms with van der Waals surface area (Å²) in [7, 11) is 0. The second-order valence-corrected chi connectivity index (χ2v) is 8.20. The smallest absolute Gasteiger partial charge is 0.321 e. The van der Waals surface area contributed by atoms with Gasteiger partial charge in [-0.2, -0.15) is 0 Å². The molecule has 1 aromatic heterocycles. The molecule has 1 atom stereocenters. The molecule has 7 nitrogen and oxygen atoms in total. The summed E-state index contributed by atoms with van der Waals surface area (Å²) in [5, 5.41) is 9.06. The highest BCUT2D eigenvalue weighted by molar-refractivity contribution is 7.22. The Labute approximate surface area is 178 Å². The van der Waals surface area contributed by atoms with Gasteiger partial charge < -0.3 is 15.4 Å². The van der Waals surface area contributed by atoms with E-state index in [2.05, 4.69) is 40.0 Å². The minimum Gasteiger partial charge on any atom is -0.368 e. The average Bonchev–Trinajstić information content (AvgIpc) is 3.41. The molecule has 1 saturated heterocycles. The highest BCUT2D eigenvalue weighted by Gasteiger charge is 2.23. The minimum atomic E-state index is -0.375. The van der Waals surface area contributed by atoms with Gasteiger partial charge in [-0.15, -0.1) is 0 Å². The first-order valence-corrected chi connectivity index (χ1v) is 10.9. The molecule has 0 bridgehead atoms. The largest absolute Gasteiger partial charge is 0.368 e. The van der Waals surface area contributed by atoms with Crippen molar-refractivity contribution in [1.82, 2.24) is 10.3 Å². The van der Waals surface area contributed by atoms with Crippen molar-refractivity contribution in [2.24, 2.45) is 0 Å². The number of rotatable bonds is 6. The zero-order valence-electron chi connectivity index (χ0n) is 16.7. The second-order valence-electron chi connectivity index (χ2n) is 7.17. The van der Waals surface area contributed by atoms with E-state index in [1.165, 1.54) is 16.9 Å². The van der Waals surface area contributed by atoms with Crippen LogP contribution in [-0.2, 0) is 22.5 Å².